The van der Waals surface area contributed by atoms with Gasteiger partial charge in [-0.25, -0.2) is 4.98 Å². The molecule has 0 fully saturated rings. The molecule has 138 valence electrons. The van der Waals surface area contributed by atoms with Gasteiger partial charge in [-0.05, 0) is 55.0 Å². The summed E-state index contributed by atoms with van der Waals surface area (Å²) in [5.41, 5.74) is 4.24. The number of hydrogen-bond donors (Lipinski definition) is 1. The molecule has 0 aliphatic carbocycles. The fraction of sp³-hybridized carbons (Fsp3) is 0.0476. The SMILES string of the molecule is Cc1ccc2oc(-c3ccc(N=Cc4cc([N+](=O)[O-])ccc4O)cc3)nc2c1. The third kappa shape index (κ3) is 3.45. The molecule has 0 aliphatic heterocycles. The van der Waals surface area contributed by atoms with Crippen molar-refractivity contribution >= 4 is 28.7 Å². The van der Waals surface area contributed by atoms with Gasteiger partial charge in [0.1, 0.15) is 11.3 Å². The van der Waals surface area contributed by atoms with Gasteiger partial charge in [-0.2, -0.15) is 0 Å². The number of nitro benzene ring substituents is 1. The first-order valence-electron chi connectivity index (χ1n) is 8.49. The number of rotatable bonds is 4. The van der Waals surface area contributed by atoms with Gasteiger partial charge in [0, 0.05) is 29.5 Å². The first kappa shape index (κ1) is 17.4. The molecule has 7 heteroatoms. The van der Waals surface area contributed by atoms with Gasteiger partial charge >= 0.3 is 0 Å². The Bertz CT molecular complexity index is 1210. The van der Waals surface area contributed by atoms with Crippen LogP contribution in [0.2, 0.25) is 0 Å². The number of phenolic OH excluding ortho intramolecular Hbond substituents is 1. The molecule has 28 heavy (non-hydrogen) atoms. The van der Waals surface area contributed by atoms with E-state index in [2.05, 4.69) is 9.98 Å². The Kier molecular flexibility index (Phi) is 4.33. The molecule has 1 heterocycles. The van der Waals surface area contributed by atoms with Crippen LogP contribution in [-0.4, -0.2) is 21.2 Å². The summed E-state index contributed by atoms with van der Waals surface area (Å²) in [5.74, 6) is 0.445. The van der Waals surface area contributed by atoms with Crippen LogP contribution in [0.25, 0.3) is 22.6 Å². The van der Waals surface area contributed by atoms with Gasteiger partial charge in [0.05, 0.1) is 10.6 Å². The lowest BCUT2D eigenvalue weighted by Gasteiger charge is -2.00. The van der Waals surface area contributed by atoms with E-state index < -0.39 is 4.92 Å². The highest BCUT2D eigenvalue weighted by Gasteiger charge is 2.10. The fourth-order valence-corrected chi connectivity index (χ4v) is 2.75. The van der Waals surface area contributed by atoms with Crippen molar-refractivity contribution in [3.8, 4) is 17.2 Å². The lowest BCUT2D eigenvalue weighted by molar-refractivity contribution is -0.384. The van der Waals surface area contributed by atoms with Crippen LogP contribution in [0.1, 0.15) is 11.1 Å². The van der Waals surface area contributed by atoms with Crippen molar-refractivity contribution in [2.45, 2.75) is 6.92 Å². The van der Waals surface area contributed by atoms with Crippen molar-refractivity contribution in [3.05, 3.63) is 81.9 Å². The van der Waals surface area contributed by atoms with E-state index in [9.17, 15) is 15.2 Å². The zero-order valence-electron chi connectivity index (χ0n) is 14.9. The second kappa shape index (κ2) is 6.96. The topological polar surface area (TPSA) is 102 Å². The molecule has 0 bridgehead atoms. The summed E-state index contributed by atoms with van der Waals surface area (Å²) in [6, 6.07) is 16.8. The average Bonchev–Trinajstić information content (AvgIpc) is 3.10. The Morgan fingerprint density at radius 3 is 2.64 bits per heavy atom. The monoisotopic (exact) mass is 373 g/mol. The summed E-state index contributed by atoms with van der Waals surface area (Å²) in [7, 11) is 0. The maximum absolute atomic E-state index is 10.9. The Labute approximate surface area is 159 Å². The van der Waals surface area contributed by atoms with Crippen molar-refractivity contribution in [1.82, 2.24) is 4.98 Å². The molecule has 1 aromatic heterocycles. The number of nitrogens with zero attached hydrogens (tertiary/aromatic N) is 3. The molecule has 0 unspecified atom stereocenters. The average molecular weight is 373 g/mol. The first-order chi connectivity index (χ1) is 13.5. The second-order valence-corrected chi connectivity index (χ2v) is 6.30. The summed E-state index contributed by atoms with van der Waals surface area (Å²) in [6.45, 7) is 2.00. The molecule has 1 N–H and O–H groups in total. The minimum Gasteiger partial charge on any atom is -0.507 e. The Balaban J connectivity index is 1.58. The van der Waals surface area contributed by atoms with E-state index in [1.54, 1.807) is 12.1 Å². The number of nitro groups is 1. The number of oxazole rings is 1. The number of aryl methyl sites for hydroxylation is 1. The van der Waals surface area contributed by atoms with E-state index in [-0.39, 0.29) is 17.0 Å². The number of aromatic hydroxyl groups is 1. The third-order valence-electron chi connectivity index (χ3n) is 4.23. The molecular weight excluding hydrogens is 358 g/mol. The Morgan fingerprint density at radius 2 is 1.89 bits per heavy atom. The lowest BCUT2D eigenvalue weighted by Crippen LogP contribution is -1.90. The van der Waals surface area contributed by atoms with Gasteiger partial charge in [-0.1, -0.05) is 6.07 Å². The van der Waals surface area contributed by atoms with E-state index in [1.807, 2.05) is 37.3 Å². The fourth-order valence-electron chi connectivity index (χ4n) is 2.75. The van der Waals surface area contributed by atoms with Crippen molar-refractivity contribution in [1.29, 1.82) is 0 Å². The van der Waals surface area contributed by atoms with Crippen LogP contribution in [0.4, 0.5) is 11.4 Å². The lowest BCUT2D eigenvalue weighted by atomic mass is 10.2. The molecule has 0 radical (unpaired) electrons. The van der Waals surface area contributed by atoms with Crippen molar-refractivity contribution in [2.24, 2.45) is 4.99 Å². The molecule has 0 spiro atoms. The van der Waals surface area contributed by atoms with Crippen LogP contribution < -0.4 is 0 Å². The van der Waals surface area contributed by atoms with Gasteiger partial charge in [0.2, 0.25) is 5.89 Å². The highest BCUT2D eigenvalue weighted by atomic mass is 16.6. The van der Waals surface area contributed by atoms with Gasteiger partial charge in [0.15, 0.2) is 5.58 Å². The van der Waals surface area contributed by atoms with Crippen LogP contribution in [-0.2, 0) is 0 Å². The maximum atomic E-state index is 10.9. The van der Waals surface area contributed by atoms with Crippen molar-refractivity contribution < 1.29 is 14.4 Å². The Hall–Kier alpha value is -4.00. The van der Waals surface area contributed by atoms with Crippen LogP contribution in [0.5, 0.6) is 5.75 Å². The molecule has 4 aromatic rings. The van der Waals surface area contributed by atoms with Crippen LogP contribution in [0.3, 0.4) is 0 Å². The number of aromatic nitrogens is 1. The summed E-state index contributed by atoms with van der Waals surface area (Å²) in [5, 5.41) is 20.7. The van der Waals surface area contributed by atoms with Gasteiger partial charge in [0.25, 0.3) is 5.69 Å². The molecule has 3 aromatic carbocycles. The molecule has 0 atom stereocenters. The van der Waals surface area contributed by atoms with Crippen LogP contribution >= 0.6 is 0 Å². The highest BCUT2D eigenvalue weighted by Crippen LogP contribution is 2.27. The first-order valence-corrected chi connectivity index (χ1v) is 8.49. The van der Waals surface area contributed by atoms with E-state index in [4.69, 9.17) is 4.42 Å². The molecule has 0 aliphatic rings. The van der Waals surface area contributed by atoms with Gasteiger partial charge in [-0.15, -0.1) is 0 Å². The zero-order valence-corrected chi connectivity index (χ0v) is 14.9. The summed E-state index contributed by atoms with van der Waals surface area (Å²) < 4.78 is 5.78. The van der Waals surface area contributed by atoms with Crippen LogP contribution in [0, 0.1) is 17.0 Å². The molecule has 4 rings (SSSR count). The van der Waals surface area contributed by atoms with Crippen LogP contribution in [0.15, 0.2) is 70.1 Å². The molecule has 0 amide bonds. The third-order valence-corrected chi connectivity index (χ3v) is 4.23. The minimum absolute atomic E-state index is 0.0762. The van der Waals surface area contributed by atoms with E-state index in [0.717, 1.165) is 22.2 Å². The number of benzene rings is 3. The number of hydrogen-bond acceptors (Lipinski definition) is 6. The molecule has 0 saturated heterocycles. The minimum atomic E-state index is -0.520. The predicted molar refractivity (Wildman–Crippen MR) is 106 cm³/mol. The number of phenols is 1. The second-order valence-electron chi connectivity index (χ2n) is 6.30. The van der Waals surface area contributed by atoms with E-state index >= 15 is 0 Å². The number of aliphatic imine (C=N–C) groups is 1. The standard InChI is InChI=1S/C21H15N3O4/c1-13-2-9-20-18(10-13)23-21(28-20)14-3-5-16(6-4-14)22-12-15-11-17(24(26)27)7-8-19(15)25/h2-12,25H,1H3. The molecule has 7 nitrogen and oxygen atoms in total. The molecule has 0 saturated carbocycles. The van der Waals surface area contributed by atoms with E-state index in [0.29, 0.717) is 11.6 Å². The zero-order chi connectivity index (χ0) is 19.7. The maximum Gasteiger partial charge on any atom is 0.270 e. The largest absolute Gasteiger partial charge is 0.507 e. The van der Waals surface area contributed by atoms with E-state index in [1.165, 1.54) is 24.4 Å². The van der Waals surface area contributed by atoms with Gasteiger partial charge < -0.3 is 9.52 Å². The number of non-ortho nitro benzene ring substituents is 1. The highest BCUT2D eigenvalue weighted by molar-refractivity contribution is 5.86. The van der Waals surface area contributed by atoms with Crippen molar-refractivity contribution in [3.63, 3.8) is 0 Å². The quantitative estimate of drug-likeness (QED) is 0.302. The smallest absolute Gasteiger partial charge is 0.270 e. The van der Waals surface area contributed by atoms with Gasteiger partial charge in [-0.3, -0.25) is 15.1 Å². The predicted octanol–water partition coefficient (Wildman–Crippen LogP) is 5.17. The number of fused-ring (bicyclic) bond motifs is 1. The van der Waals surface area contributed by atoms with Crippen molar-refractivity contribution in [2.75, 3.05) is 0 Å². The summed E-state index contributed by atoms with van der Waals surface area (Å²) >= 11 is 0. The Morgan fingerprint density at radius 1 is 1.11 bits per heavy atom. The summed E-state index contributed by atoms with van der Waals surface area (Å²) in [6.07, 6.45) is 1.39. The molecular formula is C21H15N3O4. The normalized spacial score (nSPS) is 11.3. The summed E-state index contributed by atoms with van der Waals surface area (Å²) in [4.78, 5) is 19.1.